The Balaban J connectivity index is 1.81. The Hall–Kier alpha value is -1.68. The molecule has 2 atom stereocenters. The molecule has 0 radical (unpaired) electrons. The molecule has 1 saturated carbocycles. The molecule has 2 aromatic carbocycles. The molecule has 0 aliphatic heterocycles. The number of ether oxygens (including phenoxy) is 2. The fourth-order valence-electron chi connectivity index (χ4n) is 3.39. The van der Waals surface area contributed by atoms with Crippen molar-refractivity contribution < 1.29 is 14.3 Å². The van der Waals surface area contributed by atoms with Crippen molar-refractivity contribution in [3.63, 3.8) is 0 Å². The van der Waals surface area contributed by atoms with Gasteiger partial charge in [0.1, 0.15) is 28.4 Å². The van der Waals surface area contributed by atoms with Gasteiger partial charge in [-0.15, -0.1) is 0 Å². The molecular formula is C21H19Cl3O3. The van der Waals surface area contributed by atoms with E-state index in [0.717, 1.165) is 5.56 Å². The Morgan fingerprint density at radius 3 is 2.30 bits per heavy atom. The normalized spacial score (nSPS) is 22.6. The third kappa shape index (κ3) is 4.11. The highest BCUT2D eigenvalue weighted by atomic mass is 35.5. The van der Waals surface area contributed by atoms with Gasteiger partial charge in [0.2, 0.25) is 0 Å². The van der Waals surface area contributed by atoms with Gasteiger partial charge in [-0.25, -0.2) is 0 Å². The molecule has 2 unspecified atom stereocenters. The molecule has 3 nitrogen and oxygen atoms in total. The molecule has 0 aromatic heterocycles. The summed E-state index contributed by atoms with van der Waals surface area (Å²) in [6.07, 6.45) is 1.57. The van der Waals surface area contributed by atoms with Crippen LogP contribution in [0.25, 0.3) is 0 Å². The molecule has 1 fully saturated rings. The van der Waals surface area contributed by atoms with Gasteiger partial charge >= 0.3 is 5.97 Å². The number of halogens is 3. The minimum Gasteiger partial charge on any atom is -0.482 e. The number of benzene rings is 2. The molecular weight excluding hydrogens is 407 g/mol. The van der Waals surface area contributed by atoms with Crippen molar-refractivity contribution in [1.82, 2.24) is 0 Å². The summed E-state index contributed by atoms with van der Waals surface area (Å²) in [7, 11) is 0. The fourth-order valence-corrected chi connectivity index (χ4v) is 3.84. The van der Waals surface area contributed by atoms with Crippen LogP contribution in [0.5, 0.6) is 5.75 Å². The number of carbonyl (C=O) groups excluding carboxylic acids is 1. The Morgan fingerprint density at radius 2 is 1.70 bits per heavy atom. The van der Waals surface area contributed by atoms with Crippen LogP contribution in [0.4, 0.5) is 0 Å². The molecule has 0 spiro atoms. The molecule has 0 amide bonds. The van der Waals surface area contributed by atoms with E-state index in [4.69, 9.17) is 44.3 Å². The average molecular weight is 426 g/mol. The van der Waals surface area contributed by atoms with Gasteiger partial charge < -0.3 is 9.47 Å². The first-order valence-electron chi connectivity index (χ1n) is 8.45. The van der Waals surface area contributed by atoms with Gasteiger partial charge in [0.25, 0.3) is 0 Å². The summed E-state index contributed by atoms with van der Waals surface area (Å²) in [5.74, 6) is -0.336. The van der Waals surface area contributed by atoms with Crippen molar-refractivity contribution >= 4 is 40.8 Å². The van der Waals surface area contributed by atoms with E-state index in [0.29, 0.717) is 10.8 Å². The smallest absolute Gasteiger partial charge is 0.314 e. The Morgan fingerprint density at radius 1 is 1.07 bits per heavy atom. The summed E-state index contributed by atoms with van der Waals surface area (Å²) in [5.41, 5.74) is -0.623. The molecule has 1 aliphatic carbocycles. The number of rotatable bonds is 6. The summed E-state index contributed by atoms with van der Waals surface area (Å²) in [6.45, 7) is 4.04. The largest absolute Gasteiger partial charge is 0.482 e. The molecule has 1 aliphatic rings. The molecule has 142 valence electrons. The summed E-state index contributed by atoms with van der Waals surface area (Å²) in [6, 6.07) is 16.4. The Bertz CT molecular complexity index is 843. The summed E-state index contributed by atoms with van der Waals surface area (Å²) in [5, 5.41) is 0.594. The number of carbonyl (C=O) groups is 1. The Labute approximate surface area is 173 Å². The summed E-state index contributed by atoms with van der Waals surface area (Å²) >= 11 is 17.8. The van der Waals surface area contributed by atoms with Gasteiger partial charge in [0.05, 0.1) is 0 Å². The van der Waals surface area contributed by atoms with Crippen LogP contribution in [0.2, 0.25) is 5.02 Å². The molecule has 27 heavy (non-hydrogen) atoms. The topological polar surface area (TPSA) is 35.5 Å². The third-order valence-electron chi connectivity index (χ3n) is 4.96. The zero-order valence-electron chi connectivity index (χ0n) is 14.9. The van der Waals surface area contributed by atoms with Gasteiger partial charge in [-0.2, -0.15) is 0 Å². The summed E-state index contributed by atoms with van der Waals surface area (Å²) < 4.78 is 11.7. The molecule has 3 rings (SSSR count). The highest BCUT2D eigenvalue weighted by Gasteiger charge is 2.77. The number of hydrogen-bond donors (Lipinski definition) is 0. The van der Waals surface area contributed by atoms with E-state index in [2.05, 4.69) is 0 Å². The highest BCUT2D eigenvalue weighted by molar-refractivity contribution is 6.56. The van der Waals surface area contributed by atoms with Crippen LogP contribution < -0.4 is 4.74 Å². The minimum atomic E-state index is -0.993. The van der Waals surface area contributed by atoms with Gasteiger partial charge in [-0.05, 0) is 35.9 Å². The first-order valence-corrected chi connectivity index (χ1v) is 9.58. The van der Waals surface area contributed by atoms with Gasteiger partial charge in [0.15, 0.2) is 0 Å². The van der Waals surface area contributed by atoms with E-state index < -0.39 is 16.9 Å². The standard InChI is InChI=1S/C21H19Cl3O3/c1-20(2)18(19(25)26-13-14-6-4-3-5-7-14)21(20,12-17(23)24)27-16-10-8-15(22)9-11-16/h3-12,18H,13H2,1-2H3. The Kier molecular flexibility index (Phi) is 5.76. The van der Waals surface area contributed by atoms with Crippen molar-refractivity contribution in [3.8, 4) is 5.75 Å². The minimum absolute atomic E-state index is 0.0374. The van der Waals surface area contributed by atoms with E-state index in [-0.39, 0.29) is 17.1 Å². The molecule has 6 heteroatoms. The molecule has 0 N–H and O–H groups in total. The monoisotopic (exact) mass is 424 g/mol. The van der Waals surface area contributed by atoms with Crippen LogP contribution in [0.1, 0.15) is 19.4 Å². The van der Waals surface area contributed by atoms with Crippen LogP contribution in [-0.2, 0) is 16.1 Å². The van der Waals surface area contributed by atoms with E-state index in [9.17, 15) is 4.79 Å². The highest BCUT2D eigenvalue weighted by Crippen LogP contribution is 2.65. The van der Waals surface area contributed by atoms with E-state index in [1.165, 1.54) is 0 Å². The predicted octanol–water partition coefficient (Wildman–Crippen LogP) is 6.18. The van der Waals surface area contributed by atoms with Crippen LogP contribution in [0.15, 0.2) is 65.2 Å². The second-order valence-corrected chi connectivity index (χ2v) is 8.48. The lowest BCUT2D eigenvalue weighted by Crippen LogP contribution is -2.25. The average Bonchev–Trinajstić information content (AvgIpc) is 3.08. The van der Waals surface area contributed by atoms with Gasteiger partial charge in [0, 0.05) is 10.4 Å². The van der Waals surface area contributed by atoms with Crippen LogP contribution in [0.3, 0.4) is 0 Å². The molecule has 0 saturated heterocycles. The lowest BCUT2D eigenvalue weighted by Gasteiger charge is -2.19. The van der Waals surface area contributed by atoms with Crippen LogP contribution in [0, 0.1) is 11.3 Å². The lowest BCUT2D eigenvalue weighted by molar-refractivity contribution is -0.148. The third-order valence-corrected chi connectivity index (χ3v) is 5.43. The second kappa shape index (κ2) is 7.75. The van der Waals surface area contributed by atoms with Gasteiger partial charge in [-0.3, -0.25) is 4.79 Å². The molecule has 0 bridgehead atoms. The first kappa shape index (κ1) is 20.1. The van der Waals surface area contributed by atoms with Crippen LogP contribution >= 0.6 is 34.8 Å². The maximum atomic E-state index is 12.8. The maximum absolute atomic E-state index is 12.8. The predicted molar refractivity (Wildman–Crippen MR) is 108 cm³/mol. The summed E-state index contributed by atoms with van der Waals surface area (Å²) in [4.78, 5) is 12.8. The first-order chi connectivity index (χ1) is 12.8. The van der Waals surface area contributed by atoms with Crippen molar-refractivity contribution in [1.29, 1.82) is 0 Å². The zero-order valence-corrected chi connectivity index (χ0v) is 17.2. The van der Waals surface area contributed by atoms with Crippen molar-refractivity contribution in [2.45, 2.75) is 26.1 Å². The fraction of sp³-hybridized carbons (Fsp3) is 0.286. The van der Waals surface area contributed by atoms with Gasteiger partial charge in [-0.1, -0.05) is 79.0 Å². The van der Waals surface area contributed by atoms with Crippen molar-refractivity contribution in [3.05, 3.63) is 75.8 Å². The van der Waals surface area contributed by atoms with Crippen molar-refractivity contribution in [2.75, 3.05) is 0 Å². The second-order valence-electron chi connectivity index (χ2n) is 7.03. The number of hydrogen-bond acceptors (Lipinski definition) is 3. The quantitative estimate of drug-likeness (QED) is 0.519. The van der Waals surface area contributed by atoms with E-state index >= 15 is 0 Å². The van der Waals surface area contributed by atoms with Crippen LogP contribution in [-0.4, -0.2) is 11.6 Å². The number of esters is 1. The molecule has 2 aromatic rings. The SMILES string of the molecule is CC1(C)C(C(=O)OCc2ccccc2)C1(C=C(Cl)Cl)Oc1ccc(Cl)cc1. The zero-order chi connectivity index (χ0) is 19.7. The molecule has 0 heterocycles. The van der Waals surface area contributed by atoms with E-state index in [1.54, 1.807) is 30.3 Å². The maximum Gasteiger partial charge on any atom is 0.314 e. The van der Waals surface area contributed by atoms with E-state index in [1.807, 2.05) is 44.2 Å². The lowest BCUT2D eigenvalue weighted by atomic mass is 10.1. The van der Waals surface area contributed by atoms with Crippen molar-refractivity contribution in [2.24, 2.45) is 11.3 Å².